The number of furan rings is 1. The van der Waals surface area contributed by atoms with Crippen molar-refractivity contribution < 1.29 is 4.42 Å². The Hall–Kier alpha value is -4.36. The van der Waals surface area contributed by atoms with Gasteiger partial charge in [-0.1, -0.05) is 87.4 Å². The minimum atomic E-state index is 1.02. The van der Waals surface area contributed by atoms with Gasteiger partial charge < -0.3 is 4.42 Å². The third-order valence-electron chi connectivity index (χ3n) is 21.7. The predicted octanol–water partition coefficient (Wildman–Crippen LogP) is -35.6. The number of fused-ring (bicyclic) bond motifs is 7. The van der Waals surface area contributed by atoms with Crippen molar-refractivity contribution in [3.63, 3.8) is 0 Å². The Kier molecular flexibility index (Phi) is 13.0. The highest BCUT2D eigenvalue weighted by Gasteiger charge is 2.33. The van der Waals surface area contributed by atoms with Gasteiger partial charge in [0, 0.05) is 10.8 Å². The predicted molar refractivity (Wildman–Crippen MR) is 429 cm³/mol. The van der Waals surface area contributed by atoms with Gasteiger partial charge in [0.15, 0.2) is 0 Å². The monoisotopic (exact) mass is 933 g/mol. The molecule has 0 atom stereocenters. The second kappa shape index (κ2) is 18.1. The summed E-state index contributed by atoms with van der Waals surface area (Å²) in [6.45, 7) is 0. The van der Waals surface area contributed by atoms with Crippen molar-refractivity contribution in [3.05, 3.63) is 0 Å². The highest BCUT2D eigenvalue weighted by atomic mass is 16.3. The van der Waals surface area contributed by atoms with E-state index in [4.69, 9.17) is 4.42 Å². The first-order chi connectivity index (χ1) is 35.0. The van der Waals surface area contributed by atoms with Gasteiger partial charge in [-0.3, -0.25) is 0 Å². The molecule has 0 fully saturated rings. The second-order valence-electron chi connectivity index (χ2n) is 24.3. The third-order valence-corrected chi connectivity index (χ3v) is 21.7. The molecule has 75 heavy (non-hydrogen) atoms. The van der Waals surface area contributed by atoms with Gasteiger partial charge >= 0.3 is 0 Å². The Morgan fingerprint density at radius 2 is 0.347 bits per heavy atom. The van der Waals surface area contributed by atoms with Crippen LogP contribution in [-0.2, 0) is 0 Å². The molecule has 0 saturated heterocycles. The Morgan fingerprint density at radius 1 is 0.120 bits per heavy atom. The van der Waals surface area contributed by atoms with Crippen LogP contribution in [0.2, 0.25) is 0 Å². The molecule has 0 amide bonds. The number of benzene rings is 9. The van der Waals surface area contributed by atoms with E-state index >= 15 is 0 Å². The molecule has 0 saturated carbocycles. The summed E-state index contributed by atoms with van der Waals surface area (Å²) in [4.78, 5) is 0. The summed E-state index contributed by atoms with van der Waals surface area (Å²) in [6, 6.07) is 0. The molecule has 0 N–H and O–H groups in total. The summed E-state index contributed by atoms with van der Waals surface area (Å²) in [5.74, 6) is 0. The van der Waals surface area contributed by atoms with Crippen molar-refractivity contribution in [1.82, 2.24) is 0 Å². The van der Waals surface area contributed by atoms with Crippen molar-refractivity contribution >= 4 is 438 Å². The summed E-state index contributed by atoms with van der Waals surface area (Å²) in [7, 11) is 66.6. The molecule has 29 heteroatoms. The Balaban J connectivity index is 1.60. The van der Waals surface area contributed by atoms with Gasteiger partial charge in [-0.25, -0.2) is 0 Å². The molecule has 0 spiro atoms. The van der Waals surface area contributed by atoms with Gasteiger partial charge in [-0.2, -0.15) is 0 Å². The largest absolute Gasteiger partial charge is 0.457 e. The van der Waals surface area contributed by atoms with Crippen LogP contribution in [0.4, 0.5) is 0 Å². The minimum absolute atomic E-state index is 1.02. The molecule has 0 aliphatic rings. The van der Waals surface area contributed by atoms with E-state index in [0.717, 1.165) is 11.2 Å². The fourth-order valence-corrected chi connectivity index (χ4v) is 15.2. The zero-order chi connectivity index (χ0) is 55.3. The normalized spacial score (nSPS) is 11.9. The van der Waals surface area contributed by atoms with E-state index in [2.05, 4.69) is 220 Å². The molecule has 1 heterocycles. The molecule has 0 aliphatic heterocycles. The van der Waals surface area contributed by atoms with Crippen LogP contribution in [0.1, 0.15) is 0 Å². The molecule has 9 aromatic carbocycles. The zero-order valence-corrected chi connectivity index (χ0v) is 51.4. The molecule has 1 aromatic heterocycles. The zero-order valence-electron chi connectivity index (χ0n) is 51.4. The van der Waals surface area contributed by atoms with Crippen molar-refractivity contribution in [1.29, 1.82) is 0 Å². The summed E-state index contributed by atoms with van der Waals surface area (Å²) in [6.07, 6.45) is 0. The van der Waals surface area contributed by atoms with Gasteiger partial charge in [0.25, 0.3) is 0 Å². The summed E-state index contributed by atoms with van der Waals surface area (Å²) >= 11 is 0. The lowest BCUT2D eigenvalue weighted by atomic mass is 9.55. The van der Waals surface area contributed by atoms with Crippen LogP contribution in [0.5, 0.6) is 0 Å². The average molecular weight is 928 g/mol. The van der Waals surface area contributed by atoms with Gasteiger partial charge in [0.1, 0.15) is 231 Å². The molecule has 330 valence electrons. The average Bonchev–Trinajstić information content (AvgIpc) is 3.79. The molecule has 0 bridgehead atoms. The maximum atomic E-state index is 7.50. The van der Waals surface area contributed by atoms with Crippen LogP contribution in [-0.4, -0.2) is 220 Å². The lowest BCUT2D eigenvalue weighted by molar-refractivity contribution is 0.675. The van der Waals surface area contributed by atoms with Gasteiger partial charge in [0.05, 0.1) is 0 Å². The molecule has 10 aromatic rings. The summed E-state index contributed by atoms with van der Waals surface area (Å²) in [5.41, 5.74) is 48.5. The van der Waals surface area contributed by atoms with E-state index in [-0.39, 0.29) is 0 Å². The van der Waals surface area contributed by atoms with Crippen LogP contribution in [0.25, 0.3) is 98.4 Å². The molecule has 1 nitrogen and oxygen atoms in total. The number of rotatable bonds is 3. The van der Waals surface area contributed by atoms with E-state index in [1.54, 1.807) is 0 Å². The maximum Gasteiger partial charge on any atom is 0.145 e. The van der Waals surface area contributed by atoms with Crippen LogP contribution >= 0.6 is 0 Å². The smallest absolute Gasteiger partial charge is 0.145 e. The first kappa shape index (κ1) is 54.0. The summed E-state index contributed by atoms with van der Waals surface area (Å²) < 4.78 is 7.50. The van der Waals surface area contributed by atoms with E-state index in [1.165, 1.54) is 240 Å². The minimum Gasteiger partial charge on any atom is -0.457 e. The molecule has 0 radical (unpaired) electrons. The van der Waals surface area contributed by atoms with Gasteiger partial charge in [-0.15, -0.1) is 60.1 Å². The summed E-state index contributed by atoms with van der Waals surface area (Å²) in [5, 5.41) is 13.6. The first-order valence-electron chi connectivity index (χ1n) is 27.9. The van der Waals surface area contributed by atoms with Crippen molar-refractivity contribution in [3.8, 4) is 33.4 Å². The van der Waals surface area contributed by atoms with Crippen LogP contribution in [0.3, 0.4) is 0 Å². The van der Waals surface area contributed by atoms with E-state index in [9.17, 15) is 0 Å². The van der Waals surface area contributed by atoms with Crippen molar-refractivity contribution in [2.24, 2.45) is 0 Å². The topological polar surface area (TPSA) is 13.1 Å². The van der Waals surface area contributed by atoms with Crippen molar-refractivity contribution in [2.45, 2.75) is 0 Å². The van der Waals surface area contributed by atoms with E-state index in [0.29, 0.717) is 0 Å². The Labute approximate surface area is 472 Å². The molecular formula is C46H56B28O. The quantitative estimate of drug-likeness (QED) is 0.127. The highest BCUT2D eigenvalue weighted by molar-refractivity contribution is 6.78. The second-order valence-corrected chi connectivity index (χ2v) is 24.3. The van der Waals surface area contributed by atoms with Crippen LogP contribution in [0, 0.1) is 0 Å². The molecular weight excluding hydrogens is 871 g/mol. The fraction of sp³-hybridized carbons (Fsp3) is 0. The molecule has 0 aliphatic carbocycles. The van der Waals surface area contributed by atoms with Gasteiger partial charge in [0.2, 0.25) is 0 Å². The molecule has 10 rings (SSSR count). The number of hydrogen-bond acceptors (Lipinski definition) is 1. The molecule has 0 unspecified atom stereocenters. The fourth-order valence-electron chi connectivity index (χ4n) is 15.2. The van der Waals surface area contributed by atoms with Gasteiger partial charge in [-0.05, 0) is 81.9 Å². The maximum absolute atomic E-state index is 7.50. The van der Waals surface area contributed by atoms with E-state index in [1.807, 2.05) is 0 Å². The lowest BCUT2D eigenvalue weighted by Crippen LogP contribution is -2.56. The number of hydrogen-bond donors (Lipinski definition) is 0. The third kappa shape index (κ3) is 6.85. The SMILES string of the molecule is Bc1c(B)c(B)c(-c2c(B)c(-c3c4c(B)c(B)c(B)c(B)c4c(-c4c(B)c(B)c(B)c5oc6c(B)c7c(B)c(B)c(B)c(B)c7c(B)c6c45)c4c(B)c(B)c(B)c(B)c34)c3c(B)c(B)c(B)c(B)c3c2B)c(B)c1B. The Morgan fingerprint density at radius 3 is 0.720 bits per heavy atom. The lowest BCUT2D eigenvalue weighted by Gasteiger charge is -2.33. The van der Waals surface area contributed by atoms with Crippen LogP contribution < -0.4 is 153 Å². The van der Waals surface area contributed by atoms with Crippen molar-refractivity contribution in [2.75, 3.05) is 0 Å². The first-order valence-corrected chi connectivity index (χ1v) is 27.9. The van der Waals surface area contributed by atoms with Crippen LogP contribution in [0.15, 0.2) is 4.42 Å². The van der Waals surface area contributed by atoms with E-state index < -0.39 is 0 Å². The standard InChI is InChI=1S/C46H56B28O/c47-17-3(9-11(26(56)37(67)36(66)25(9)55)18(48)12(17)14-28(58)40(70)43(73)41(71)29(14)59)1-4-6(22(52)34(64)32(62)20(4)50)2(7-5(1)21(51)33(63)35(65)23(7)53)8-10-16-19(49)13-15(30(60)39(69)38(68)27(13)57)31(61)46(16)75-45(10)44(74)42(72)24(8)54/h47-74H2. The Bertz CT molecular complexity index is 4330. The highest BCUT2D eigenvalue weighted by Crippen LogP contribution is 2.44.